The zero-order valence-corrected chi connectivity index (χ0v) is 14.8. The predicted octanol–water partition coefficient (Wildman–Crippen LogP) is 4.18. The summed E-state index contributed by atoms with van der Waals surface area (Å²) in [6, 6.07) is 15.6. The van der Waals surface area contributed by atoms with Crippen molar-refractivity contribution in [3.05, 3.63) is 70.9 Å². The number of benzene rings is 2. The lowest BCUT2D eigenvalue weighted by Gasteiger charge is -2.12. The number of rotatable bonds is 5. The lowest BCUT2D eigenvalue weighted by atomic mass is 10.0. The van der Waals surface area contributed by atoms with Crippen molar-refractivity contribution in [1.82, 2.24) is 10.3 Å². The van der Waals surface area contributed by atoms with Crippen LogP contribution < -0.4 is 10.1 Å². The third-order valence-electron chi connectivity index (χ3n) is 4.05. The van der Waals surface area contributed by atoms with E-state index in [-0.39, 0.29) is 5.91 Å². The summed E-state index contributed by atoms with van der Waals surface area (Å²) >= 11 is 0. The van der Waals surface area contributed by atoms with Crippen molar-refractivity contribution in [3.63, 3.8) is 0 Å². The van der Waals surface area contributed by atoms with E-state index in [1.54, 1.807) is 0 Å². The van der Waals surface area contributed by atoms with E-state index < -0.39 is 0 Å². The minimum Gasteiger partial charge on any atom is -0.494 e. The van der Waals surface area contributed by atoms with Gasteiger partial charge in [-0.1, -0.05) is 29.8 Å². The Kier molecular flexibility index (Phi) is 4.98. The number of carbonyl (C=O) groups is 1. The summed E-state index contributed by atoms with van der Waals surface area (Å²) in [5.74, 6) is 0.698. The van der Waals surface area contributed by atoms with Crippen LogP contribution in [0, 0.1) is 13.8 Å². The van der Waals surface area contributed by atoms with E-state index in [0.29, 0.717) is 18.7 Å². The van der Waals surface area contributed by atoms with Crippen LogP contribution in [0.3, 0.4) is 0 Å². The third kappa shape index (κ3) is 3.79. The zero-order valence-electron chi connectivity index (χ0n) is 14.8. The molecule has 3 rings (SSSR count). The van der Waals surface area contributed by atoms with E-state index in [1.807, 2.05) is 69.3 Å². The van der Waals surface area contributed by atoms with Gasteiger partial charge in [-0.3, -0.25) is 9.78 Å². The Morgan fingerprint density at radius 3 is 2.72 bits per heavy atom. The molecule has 1 heterocycles. The van der Waals surface area contributed by atoms with Crippen molar-refractivity contribution in [3.8, 4) is 5.75 Å². The molecule has 0 aliphatic carbocycles. The molecule has 0 aliphatic rings. The zero-order chi connectivity index (χ0) is 17.8. The average molecular weight is 334 g/mol. The first-order valence-electron chi connectivity index (χ1n) is 8.45. The Morgan fingerprint density at radius 2 is 1.92 bits per heavy atom. The van der Waals surface area contributed by atoms with E-state index in [1.165, 1.54) is 0 Å². The number of aryl methyl sites for hydroxylation is 2. The fraction of sp³-hybridized carbons (Fsp3) is 0.238. The second kappa shape index (κ2) is 7.34. The number of para-hydroxylation sites is 1. The first-order chi connectivity index (χ1) is 12.1. The highest BCUT2D eigenvalue weighted by Gasteiger charge is 2.13. The molecular weight excluding hydrogens is 312 g/mol. The van der Waals surface area contributed by atoms with Gasteiger partial charge in [0.25, 0.3) is 5.91 Å². The van der Waals surface area contributed by atoms with Gasteiger partial charge in [-0.2, -0.15) is 0 Å². The van der Waals surface area contributed by atoms with Gasteiger partial charge in [0.15, 0.2) is 0 Å². The number of ether oxygens (including phenoxy) is 1. The fourth-order valence-electron chi connectivity index (χ4n) is 2.88. The second-order valence-electron chi connectivity index (χ2n) is 6.06. The molecule has 0 atom stereocenters. The van der Waals surface area contributed by atoms with Gasteiger partial charge in [-0.15, -0.1) is 0 Å². The molecule has 0 fully saturated rings. The minimum atomic E-state index is -0.104. The number of amides is 1. The number of hydrogen-bond donors (Lipinski definition) is 1. The largest absolute Gasteiger partial charge is 0.494 e. The van der Waals surface area contributed by atoms with Crippen molar-refractivity contribution in [2.75, 3.05) is 6.61 Å². The molecule has 0 bridgehead atoms. The van der Waals surface area contributed by atoms with Gasteiger partial charge in [0.2, 0.25) is 0 Å². The monoisotopic (exact) mass is 334 g/mol. The van der Waals surface area contributed by atoms with Crippen molar-refractivity contribution in [1.29, 1.82) is 0 Å². The Balaban J connectivity index is 1.87. The summed E-state index contributed by atoms with van der Waals surface area (Å²) in [7, 11) is 0. The molecular formula is C21H22N2O2. The predicted molar refractivity (Wildman–Crippen MR) is 100.0 cm³/mol. The molecule has 1 aromatic heterocycles. The third-order valence-corrected chi connectivity index (χ3v) is 4.05. The van der Waals surface area contributed by atoms with Crippen LogP contribution >= 0.6 is 0 Å². The fourth-order valence-corrected chi connectivity index (χ4v) is 2.88. The Labute approximate surface area is 147 Å². The maximum Gasteiger partial charge on any atom is 0.252 e. The molecule has 0 unspecified atom stereocenters. The molecule has 0 spiro atoms. The molecule has 1 amide bonds. The molecule has 0 radical (unpaired) electrons. The summed E-state index contributed by atoms with van der Waals surface area (Å²) in [4.78, 5) is 17.3. The number of nitrogens with zero attached hydrogens (tertiary/aromatic N) is 1. The van der Waals surface area contributed by atoms with Gasteiger partial charge in [0.1, 0.15) is 5.75 Å². The summed E-state index contributed by atoms with van der Waals surface area (Å²) < 4.78 is 5.62. The van der Waals surface area contributed by atoms with Crippen LogP contribution in [0.4, 0.5) is 0 Å². The molecule has 1 N–H and O–H groups in total. The van der Waals surface area contributed by atoms with Crippen LogP contribution in [0.1, 0.15) is 34.1 Å². The van der Waals surface area contributed by atoms with Crippen LogP contribution in [0.2, 0.25) is 0 Å². The number of fused-ring (bicyclic) bond motifs is 1. The van der Waals surface area contributed by atoms with Gasteiger partial charge < -0.3 is 10.1 Å². The molecule has 128 valence electrons. The number of nitrogens with one attached hydrogen (secondary N) is 1. The lowest BCUT2D eigenvalue weighted by molar-refractivity contribution is 0.0952. The van der Waals surface area contributed by atoms with E-state index in [4.69, 9.17) is 4.74 Å². The quantitative estimate of drug-likeness (QED) is 0.761. The SMILES string of the molecule is CCOc1ccccc1CNC(=O)c1cc(C)nc2ccc(C)cc12. The number of pyridine rings is 1. The van der Waals surface area contributed by atoms with E-state index in [9.17, 15) is 4.79 Å². The average Bonchev–Trinajstić information content (AvgIpc) is 2.60. The number of carbonyl (C=O) groups excluding carboxylic acids is 1. The van der Waals surface area contributed by atoms with Gasteiger partial charge in [-0.25, -0.2) is 0 Å². The molecule has 2 aromatic carbocycles. The van der Waals surface area contributed by atoms with Crippen LogP contribution in [0.5, 0.6) is 5.75 Å². The Morgan fingerprint density at radius 1 is 1.12 bits per heavy atom. The van der Waals surface area contributed by atoms with Crippen LogP contribution in [-0.4, -0.2) is 17.5 Å². The van der Waals surface area contributed by atoms with Crippen molar-refractivity contribution < 1.29 is 9.53 Å². The lowest BCUT2D eigenvalue weighted by Crippen LogP contribution is -2.23. The highest BCUT2D eigenvalue weighted by atomic mass is 16.5. The van der Waals surface area contributed by atoms with Crippen molar-refractivity contribution in [2.45, 2.75) is 27.3 Å². The van der Waals surface area contributed by atoms with Crippen LogP contribution in [-0.2, 0) is 6.54 Å². The Hall–Kier alpha value is -2.88. The smallest absolute Gasteiger partial charge is 0.252 e. The molecule has 0 aliphatic heterocycles. The number of aromatic nitrogens is 1. The summed E-state index contributed by atoms with van der Waals surface area (Å²) in [5, 5.41) is 3.88. The van der Waals surface area contributed by atoms with Gasteiger partial charge in [-0.05, 0) is 45.0 Å². The highest BCUT2D eigenvalue weighted by Crippen LogP contribution is 2.21. The van der Waals surface area contributed by atoms with Crippen LogP contribution in [0.15, 0.2) is 48.5 Å². The van der Waals surface area contributed by atoms with Crippen molar-refractivity contribution >= 4 is 16.8 Å². The normalized spacial score (nSPS) is 10.7. The first kappa shape index (κ1) is 17.0. The highest BCUT2D eigenvalue weighted by molar-refractivity contribution is 6.06. The van der Waals surface area contributed by atoms with E-state index in [2.05, 4.69) is 10.3 Å². The van der Waals surface area contributed by atoms with E-state index >= 15 is 0 Å². The summed E-state index contributed by atoms with van der Waals surface area (Å²) in [5.41, 5.74) is 4.39. The first-order valence-corrected chi connectivity index (χ1v) is 8.45. The molecule has 4 nitrogen and oxygen atoms in total. The molecule has 0 saturated heterocycles. The van der Waals surface area contributed by atoms with Gasteiger partial charge in [0, 0.05) is 23.2 Å². The number of hydrogen-bond acceptors (Lipinski definition) is 3. The topological polar surface area (TPSA) is 51.2 Å². The second-order valence-corrected chi connectivity index (χ2v) is 6.06. The Bertz CT molecular complexity index is 919. The maximum atomic E-state index is 12.8. The maximum absolute atomic E-state index is 12.8. The molecule has 3 aromatic rings. The molecule has 25 heavy (non-hydrogen) atoms. The molecule has 0 saturated carbocycles. The van der Waals surface area contributed by atoms with Gasteiger partial charge in [0.05, 0.1) is 17.7 Å². The minimum absolute atomic E-state index is 0.104. The van der Waals surface area contributed by atoms with Gasteiger partial charge >= 0.3 is 0 Å². The summed E-state index contributed by atoms with van der Waals surface area (Å²) in [6.07, 6.45) is 0. The summed E-state index contributed by atoms with van der Waals surface area (Å²) in [6.45, 7) is 6.88. The van der Waals surface area contributed by atoms with E-state index in [0.717, 1.165) is 33.5 Å². The van der Waals surface area contributed by atoms with Crippen molar-refractivity contribution in [2.24, 2.45) is 0 Å². The van der Waals surface area contributed by atoms with Crippen LogP contribution in [0.25, 0.3) is 10.9 Å². The standard InChI is InChI=1S/C21H22N2O2/c1-4-25-20-8-6-5-7-16(20)13-22-21(24)18-12-15(3)23-19-10-9-14(2)11-17(18)19/h5-12H,4,13H2,1-3H3,(H,22,24). The molecule has 4 heteroatoms.